The molecule has 4 N–H and O–H groups in total. The minimum Gasteiger partial charge on any atom is -0.394 e. The summed E-state index contributed by atoms with van der Waals surface area (Å²) in [7, 11) is 0. The number of anilines is 2. The van der Waals surface area contributed by atoms with Crippen molar-refractivity contribution < 1.29 is 18.3 Å². The molecule has 0 aromatic carbocycles. The van der Waals surface area contributed by atoms with Crippen LogP contribution in [0.25, 0.3) is 0 Å². The molecule has 1 aromatic heterocycles. The molecule has 0 saturated carbocycles. The topological polar surface area (TPSA) is 87.3 Å². The fourth-order valence-corrected chi connectivity index (χ4v) is 2.36. The number of nitrogens with one attached hydrogen (secondary N) is 1. The normalized spacial score (nSPS) is 23.2. The van der Waals surface area contributed by atoms with Crippen LogP contribution >= 0.6 is 0 Å². The van der Waals surface area contributed by atoms with Crippen LogP contribution in [0.5, 0.6) is 0 Å². The van der Waals surface area contributed by atoms with Gasteiger partial charge in [0.1, 0.15) is 5.82 Å². The first-order chi connectivity index (χ1) is 9.36. The molecule has 0 bridgehead atoms. The lowest BCUT2D eigenvalue weighted by Crippen LogP contribution is -2.36. The molecule has 0 amide bonds. The van der Waals surface area contributed by atoms with E-state index in [1.165, 1.54) is 0 Å². The van der Waals surface area contributed by atoms with Crippen molar-refractivity contribution in [1.29, 1.82) is 0 Å². The van der Waals surface area contributed by atoms with Crippen molar-refractivity contribution in [3.8, 4) is 0 Å². The van der Waals surface area contributed by atoms with Crippen LogP contribution in [0.2, 0.25) is 0 Å². The zero-order chi connectivity index (χ0) is 14.9. The van der Waals surface area contributed by atoms with E-state index in [-0.39, 0.29) is 30.3 Å². The average molecular weight is 291 g/mol. The quantitative estimate of drug-likeness (QED) is 0.568. The Morgan fingerprint density at radius 1 is 1.50 bits per heavy atom. The third kappa shape index (κ3) is 2.78. The highest BCUT2D eigenvalue weighted by atomic mass is 19.4. The zero-order valence-electron chi connectivity index (χ0n) is 10.9. The molecule has 2 rings (SSSR count). The van der Waals surface area contributed by atoms with E-state index in [4.69, 9.17) is 5.84 Å². The van der Waals surface area contributed by atoms with Crippen LogP contribution in [0.3, 0.4) is 0 Å². The number of aromatic nitrogens is 2. The molecule has 6 nitrogen and oxygen atoms in total. The van der Waals surface area contributed by atoms with Crippen molar-refractivity contribution in [1.82, 2.24) is 9.97 Å². The number of halogens is 3. The predicted octanol–water partition coefficient (Wildman–Crippen LogP) is 0.988. The summed E-state index contributed by atoms with van der Waals surface area (Å²) in [5.41, 5.74) is 0.973. The number of nitrogen functional groups attached to an aromatic ring is 1. The molecule has 0 aliphatic carbocycles. The number of hydrogen-bond acceptors (Lipinski definition) is 6. The lowest BCUT2D eigenvalue weighted by molar-refractivity contribution is -0.141. The van der Waals surface area contributed by atoms with Crippen molar-refractivity contribution in [3.63, 3.8) is 0 Å². The van der Waals surface area contributed by atoms with Crippen molar-refractivity contribution in [3.05, 3.63) is 11.8 Å². The smallest absolute Gasteiger partial charge is 0.394 e. The standard InChI is InChI=1S/C11H16F3N5O/c1-6-2-3-19(7(6)5-20)9-4-8(11(12,13)14)16-10(17-9)18-15/h4,6-7,20H,2-3,5,15H2,1H3,(H,16,17,18). The molecule has 20 heavy (non-hydrogen) atoms. The van der Waals surface area contributed by atoms with E-state index in [9.17, 15) is 18.3 Å². The summed E-state index contributed by atoms with van der Waals surface area (Å²) in [4.78, 5) is 8.91. The zero-order valence-corrected chi connectivity index (χ0v) is 10.9. The molecule has 1 aliphatic rings. The van der Waals surface area contributed by atoms with Crippen LogP contribution < -0.4 is 16.2 Å². The van der Waals surface area contributed by atoms with Crippen LogP contribution in [0.1, 0.15) is 19.0 Å². The fourth-order valence-electron chi connectivity index (χ4n) is 2.36. The van der Waals surface area contributed by atoms with Crippen molar-refractivity contribution in [2.45, 2.75) is 25.6 Å². The summed E-state index contributed by atoms with van der Waals surface area (Å²) in [6.45, 7) is 2.33. The number of aliphatic hydroxyl groups excluding tert-OH is 1. The fraction of sp³-hybridized carbons (Fsp3) is 0.636. The number of alkyl halides is 3. The van der Waals surface area contributed by atoms with Gasteiger partial charge in [-0.3, -0.25) is 5.43 Å². The van der Waals surface area contributed by atoms with E-state index in [0.29, 0.717) is 6.54 Å². The number of nitrogens with zero attached hydrogens (tertiary/aromatic N) is 3. The van der Waals surface area contributed by atoms with Gasteiger partial charge in [-0.2, -0.15) is 18.2 Å². The molecule has 9 heteroatoms. The van der Waals surface area contributed by atoms with Crippen molar-refractivity contribution >= 4 is 11.8 Å². The molecule has 2 heterocycles. The summed E-state index contributed by atoms with van der Waals surface area (Å²) in [6, 6.07) is 0.623. The lowest BCUT2D eigenvalue weighted by atomic mass is 10.0. The van der Waals surface area contributed by atoms with E-state index in [1.54, 1.807) is 4.90 Å². The van der Waals surface area contributed by atoms with Gasteiger partial charge in [0.2, 0.25) is 5.95 Å². The summed E-state index contributed by atoms with van der Waals surface area (Å²) < 4.78 is 38.4. The molecule has 1 fully saturated rings. The van der Waals surface area contributed by atoms with Gasteiger partial charge in [-0.05, 0) is 12.3 Å². The highest BCUT2D eigenvalue weighted by molar-refractivity contribution is 5.47. The third-order valence-corrected chi connectivity index (χ3v) is 3.50. The lowest BCUT2D eigenvalue weighted by Gasteiger charge is -2.26. The molecule has 2 unspecified atom stereocenters. The van der Waals surface area contributed by atoms with Crippen molar-refractivity contribution in [2.75, 3.05) is 23.5 Å². The van der Waals surface area contributed by atoms with E-state index < -0.39 is 11.9 Å². The first-order valence-electron chi connectivity index (χ1n) is 6.17. The summed E-state index contributed by atoms with van der Waals surface area (Å²) >= 11 is 0. The Balaban J connectivity index is 2.41. The Morgan fingerprint density at radius 3 is 2.75 bits per heavy atom. The largest absolute Gasteiger partial charge is 0.433 e. The summed E-state index contributed by atoms with van der Waals surface area (Å²) in [5.74, 6) is 5.11. The second kappa shape index (κ2) is 5.41. The van der Waals surface area contributed by atoms with Crippen LogP contribution in [0.4, 0.5) is 24.9 Å². The minimum atomic E-state index is -4.58. The maximum absolute atomic E-state index is 12.8. The number of hydrazine groups is 1. The SMILES string of the molecule is CC1CCN(c2cc(C(F)(F)F)nc(NN)n2)C1CO. The Bertz CT molecular complexity index is 482. The first kappa shape index (κ1) is 14.8. The Morgan fingerprint density at radius 2 is 2.20 bits per heavy atom. The van der Waals surface area contributed by atoms with Crippen LogP contribution in [0, 0.1) is 5.92 Å². The Kier molecular flexibility index (Phi) is 4.00. The van der Waals surface area contributed by atoms with Crippen molar-refractivity contribution in [2.24, 2.45) is 11.8 Å². The van der Waals surface area contributed by atoms with E-state index in [0.717, 1.165) is 12.5 Å². The van der Waals surface area contributed by atoms with Gasteiger partial charge in [0.15, 0.2) is 5.69 Å². The molecule has 2 atom stereocenters. The average Bonchev–Trinajstić information content (AvgIpc) is 2.78. The Hall–Kier alpha value is -1.61. The summed E-state index contributed by atoms with van der Waals surface area (Å²) in [6.07, 6.45) is -3.80. The van der Waals surface area contributed by atoms with Gasteiger partial charge in [0.05, 0.1) is 12.6 Å². The highest BCUT2D eigenvalue weighted by Gasteiger charge is 2.36. The predicted molar refractivity (Wildman–Crippen MR) is 66.8 cm³/mol. The molecule has 0 radical (unpaired) electrons. The first-order valence-corrected chi connectivity index (χ1v) is 6.17. The van der Waals surface area contributed by atoms with E-state index in [1.807, 2.05) is 12.3 Å². The molecule has 0 spiro atoms. The maximum Gasteiger partial charge on any atom is 0.433 e. The van der Waals surface area contributed by atoms with Crippen LogP contribution in [0.15, 0.2) is 6.07 Å². The van der Waals surface area contributed by atoms with E-state index in [2.05, 4.69) is 9.97 Å². The molecule has 1 saturated heterocycles. The van der Waals surface area contributed by atoms with Gasteiger partial charge in [-0.1, -0.05) is 6.92 Å². The van der Waals surface area contributed by atoms with Gasteiger partial charge in [0, 0.05) is 12.6 Å². The maximum atomic E-state index is 12.8. The van der Waals surface area contributed by atoms with Crippen LogP contribution in [-0.4, -0.2) is 34.3 Å². The molecule has 1 aromatic rings. The van der Waals surface area contributed by atoms with Gasteiger partial charge >= 0.3 is 6.18 Å². The second-order valence-corrected chi connectivity index (χ2v) is 4.79. The van der Waals surface area contributed by atoms with E-state index >= 15 is 0 Å². The van der Waals surface area contributed by atoms with Gasteiger partial charge in [-0.25, -0.2) is 10.8 Å². The monoisotopic (exact) mass is 291 g/mol. The number of nitrogens with two attached hydrogens (primary N) is 1. The third-order valence-electron chi connectivity index (χ3n) is 3.50. The van der Waals surface area contributed by atoms with Gasteiger partial charge in [0.25, 0.3) is 0 Å². The Labute approximate surface area is 113 Å². The van der Waals surface area contributed by atoms with Crippen LogP contribution in [-0.2, 0) is 6.18 Å². The molecule has 112 valence electrons. The number of rotatable bonds is 3. The highest BCUT2D eigenvalue weighted by Crippen LogP contribution is 2.33. The number of hydrogen-bond donors (Lipinski definition) is 3. The summed E-state index contributed by atoms with van der Waals surface area (Å²) in [5, 5.41) is 9.38. The number of aliphatic hydroxyl groups is 1. The van der Waals surface area contributed by atoms with Gasteiger partial charge in [-0.15, -0.1) is 0 Å². The molecular weight excluding hydrogens is 275 g/mol. The molecule has 1 aliphatic heterocycles. The second-order valence-electron chi connectivity index (χ2n) is 4.79. The molecular formula is C11H16F3N5O. The minimum absolute atomic E-state index is 0.115. The van der Waals surface area contributed by atoms with Gasteiger partial charge < -0.3 is 10.0 Å².